The van der Waals surface area contributed by atoms with Crippen molar-refractivity contribution in [3.63, 3.8) is 0 Å². The van der Waals surface area contributed by atoms with Crippen LogP contribution in [0.25, 0.3) is 6.08 Å². The third-order valence-corrected chi connectivity index (χ3v) is 5.21. The van der Waals surface area contributed by atoms with Crippen molar-refractivity contribution in [3.05, 3.63) is 77.6 Å². The maximum atomic E-state index is 12.7. The zero-order valence-electron chi connectivity index (χ0n) is 17.9. The monoisotopic (exact) mass is 470 g/mol. The topological polar surface area (TPSA) is 87.6 Å². The van der Waals surface area contributed by atoms with Gasteiger partial charge in [0.15, 0.2) is 0 Å². The molecule has 4 rings (SSSR count). The highest BCUT2D eigenvalue weighted by Crippen LogP contribution is 2.30. The molecule has 3 aromatic rings. The van der Waals surface area contributed by atoms with Crippen LogP contribution >= 0.6 is 0 Å². The summed E-state index contributed by atoms with van der Waals surface area (Å²) in [6, 6.07) is 12.0. The van der Waals surface area contributed by atoms with E-state index in [9.17, 15) is 23.1 Å². The van der Waals surface area contributed by atoms with Crippen molar-refractivity contribution in [2.45, 2.75) is 19.0 Å². The molecule has 1 fully saturated rings. The molecule has 0 saturated carbocycles. The lowest BCUT2D eigenvalue weighted by molar-refractivity contribution is -0.137. The van der Waals surface area contributed by atoms with E-state index in [2.05, 4.69) is 15.3 Å². The first-order chi connectivity index (χ1) is 16.3. The van der Waals surface area contributed by atoms with Gasteiger partial charge in [0.2, 0.25) is 11.8 Å². The molecule has 34 heavy (non-hydrogen) atoms. The van der Waals surface area contributed by atoms with Crippen LogP contribution in [0.3, 0.4) is 0 Å². The Morgan fingerprint density at radius 3 is 2.50 bits per heavy atom. The maximum absolute atomic E-state index is 12.7. The summed E-state index contributed by atoms with van der Waals surface area (Å²) in [6.45, 7) is 1.10. The molecule has 0 atom stereocenters. The molecule has 176 valence electrons. The number of likely N-dealkylation sites (tertiary alicyclic amines) is 1. The Morgan fingerprint density at radius 1 is 1.06 bits per heavy atom. The van der Waals surface area contributed by atoms with Gasteiger partial charge in [0.25, 0.3) is 0 Å². The number of piperidine rings is 1. The van der Waals surface area contributed by atoms with Gasteiger partial charge in [0.05, 0.1) is 17.4 Å². The third-order valence-electron chi connectivity index (χ3n) is 5.21. The molecular weight excluding hydrogens is 449 g/mol. The van der Waals surface area contributed by atoms with Crippen molar-refractivity contribution < 1.29 is 27.8 Å². The number of urea groups is 1. The molecule has 7 nitrogen and oxygen atoms in total. The zero-order valence-corrected chi connectivity index (χ0v) is 17.9. The van der Waals surface area contributed by atoms with E-state index < -0.39 is 11.7 Å². The minimum Gasteiger partial charge on any atom is -0.493 e. The molecule has 0 unspecified atom stereocenters. The molecule has 3 heterocycles. The molecule has 10 heteroatoms. The largest absolute Gasteiger partial charge is 0.493 e. The van der Waals surface area contributed by atoms with Crippen LogP contribution in [0.15, 0.2) is 66.5 Å². The van der Waals surface area contributed by atoms with Gasteiger partial charge in [-0.25, -0.2) is 14.8 Å². The Kier molecular flexibility index (Phi) is 6.67. The summed E-state index contributed by atoms with van der Waals surface area (Å²) in [5.41, 5.74) is 1.72. The molecular formula is C24H21F3N4O3. The van der Waals surface area contributed by atoms with Crippen molar-refractivity contribution in [2.75, 3.05) is 18.4 Å². The van der Waals surface area contributed by atoms with Gasteiger partial charge in [-0.05, 0) is 42.7 Å². The lowest BCUT2D eigenvalue weighted by Crippen LogP contribution is -2.39. The molecule has 0 bridgehead atoms. The number of carbonyl (C=O) groups is 1. The Bertz CT molecular complexity index is 1170. The van der Waals surface area contributed by atoms with E-state index in [1.54, 1.807) is 29.2 Å². The second-order valence-electron chi connectivity index (χ2n) is 7.68. The second kappa shape index (κ2) is 9.82. The van der Waals surface area contributed by atoms with Crippen LogP contribution in [0, 0.1) is 0 Å². The highest BCUT2D eigenvalue weighted by molar-refractivity contribution is 5.89. The predicted octanol–water partition coefficient (Wildman–Crippen LogP) is 5.70. The van der Waals surface area contributed by atoms with E-state index >= 15 is 0 Å². The number of hydrogen-bond donors (Lipinski definition) is 2. The van der Waals surface area contributed by atoms with E-state index in [0.29, 0.717) is 37.4 Å². The summed E-state index contributed by atoms with van der Waals surface area (Å²) in [6.07, 6.45) is 1.10. The smallest absolute Gasteiger partial charge is 0.417 e. The second-order valence-corrected chi connectivity index (χ2v) is 7.68. The SMILES string of the molecule is O=C(Nc1ccc(O)nc1)N1CCC(=Cc2cccc(Oc3ccc(C(F)(F)F)cn3)c2)CC1. The number of anilines is 1. The summed E-state index contributed by atoms with van der Waals surface area (Å²) < 4.78 is 43.6. The zero-order chi connectivity index (χ0) is 24.1. The number of nitrogens with one attached hydrogen (secondary N) is 1. The van der Waals surface area contributed by atoms with Gasteiger partial charge in [-0.15, -0.1) is 0 Å². The summed E-state index contributed by atoms with van der Waals surface area (Å²) >= 11 is 0. The Morgan fingerprint density at radius 2 is 1.85 bits per heavy atom. The van der Waals surface area contributed by atoms with E-state index in [0.717, 1.165) is 17.8 Å². The molecule has 2 aromatic heterocycles. The van der Waals surface area contributed by atoms with E-state index in [4.69, 9.17) is 4.74 Å². The predicted molar refractivity (Wildman–Crippen MR) is 119 cm³/mol. The van der Waals surface area contributed by atoms with E-state index in [1.807, 2.05) is 12.1 Å². The van der Waals surface area contributed by atoms with Crippen LogP contribution in [0.4, 0.5) is 23.7 Å². The molecule has 0 aliphatic carbocycles. The number of aromatic hydroxyl groups is 1. The lowest BCUT2D eigenvalue weighted by atomic mass is 10.0. The number of halogens is 3. The number of pyridine rings is 2. The summed E-state index contributed by atoms with van der Waals surface area (Å²) in [5, 5.41) is 12.0. The number of amides is 2. The van der Waals surface area contributed by atoms with Crippen LogP contribution in [0.2, 0.25) is 0 Å². The fourth-order valence-corrected chi connectivity index (χ4v) is 3.44. The van der Waals surface area contributed by atoms with Crippen LogP contribution in [0.5, 0.6) is 17.5 Å². The summed E-state index contributed by atoms with van der Waals surface area (Å²) in [4.78, 5) is 21.6. The van der Waals surface area contributed by atoms with Crippen LogP contribution in [0.1, 0.15) is 24.0 Å². The molecule has 0 spiro atoms. The first-order valence-electron chi connectivity index (χ1n) is 10.5. The van der Waals surface area contributed by atoms with Crippen molar-refractivity contribution in [1.29, 1.82) is 0 Å². The van der Waals surface area contributed by atoms with Crippen molar-refractivity contribution >= 4 is 17.8 Å². The van der Waals surface area contributed by atoms with Crippen LogP contribution in [-0.2, 0) is 6.18 Å². The number of nitrogens with zero attached hydrogens (tertiary/aromatic N) is 3. The minimum atomic E-state index is -4.45. The molecule has 1 aliphatic rings. The first-order valence-corrected chi connectivity index (χ1v) is 10.5. The molecule has 1 saturated heterocycles. The fourth-order valence-electron chi connectivity index (χ4n) is 3.44. The van der Waals surface area contributed by atoms with E-state index in [1.165, 1.54) is 23.9 Å². The third kappa shape index (κ3) is 6.03. The van der Waals surface area contributed by atoms with Gasteiger partial charge < -0.3 is 20.1 Å². The number of rotatable bonds is 4. The molecule has 1 aromatic carbocycles. The molecule has 2 N–H and O–H groups in total. The maximum Gasteiger partial charge on any atom is 0.417 e. The minimum absolute atomic E-state index is 0.0703. The normalized spacial score (nSPS) is 14.0. The highest BCUT2D eigenvalue weighted by atomic mass is 19.4. The van der Waals surface area contributed by atoms with Crippen molar-refractivity contribution in [2.24, 2.45) is 0 Å². The molecule has 2 amide bonds. The van der Waals surface area contributed by atoms with Gasteiger partial charge >= 0.3 is 12.2 Å². The number of aromatic nitrogens is 2. The van der Waals surface area contributed by atoms with Crippen LogP contribution in [-0.4, -0.2) is 39.1 Å². The van der Waals surface area contributed by atoms with Crippen molar-refractivity contribution in [1.82, 2.24) is 14.9 Å². The van der Waals surface area contributed by atoms with Gasteiger partial charge in [0, 0.05) is 31.4 Å². The van der Waals surface area contributed by atoms with Crippen molar-refractivity contribution in [3.8, 4) is 17.5 Å². The summed E-state index contributed by atoms with van der Waals surface area (Å²) in [7, 11) is 0. The van der Waals surface area contributed by atoms with Gasteiger partial charge in [0.1, 0.15) is 5.75 Å². The Labute approximate surface area is 193 Å². The number of benzene rings is 1. The number of hydrogen-bond acceptors (Lipinski definition) is 5. The Balaban J connectivity index is 1.34. The summed E-state index contributed by atoms with van der Waals surface area (Å²) in [5.74, 6) is 0.415. The standard InChI is InChI=1S/C24H21F3N4O3/c25-24(26,27)18-4-7-22(29-14-18)34-20-3-1-2-17(13-20)12-16-8-10-31(11-9-16)23(33)30-19-5-6-21(32)28-15-19/h1-7,12-15H,8-11H2,(H,28,32)(H,30,33). The quantitative estimate of drug-likeness (QED) is 0.510. The molecule has 0 radical (unpaired) electrons. The molecule has 1 aliphatic heterocycles. The fraction of sp³-hybridized carbons (Fsp3) is 0.208. The number of carbonyl (C=O) groups excluding carboxylic acids is 1. The lowest BCUT2D eigenvalue weighted by Gasteiger charge is -2.28. The average molecular weight is 470 g/mol. The van der Waals surface area contributed by atoms with E-state index in [-0.39, 0.29) is 17.8 Å². The number of ether oxygens (including phenoxy) is 1. The first kappa shape index (κ1) is 23.1. The number of alkyl halides is 3. The van der Waals surface area contributed by atoms with Gasteiger partial charge in [-0.1, -0.05) is 23.8 Å². The van der Waals surface area contributed by atoms with Gasteiger partial charge in [-0.3, -0.25) is 0 Å². The highest BCUT2D eigenvalue weighted by Gasteiger charge is 2.30. The van der Waals surface area contributed by atoms with Crippen LogP contribution < -0.4 is 10.1 Å². The van der Waals surface area contributed by atoms with Gasteiger partial charge in [-0.2, -0.15) is 13.2 Å². The Hall–Kier alpha value is -4.08. The average Bonchev–Trinajstić information content (AvgIpc) is 2.81.